The van der Waals surface area contributed by atoms with E-state index >= 15 is 0 Å². The van der Waals surface area contributed by atoms with Gasteiger partial charge in [-0.1, -0.05) is 0 Å². The molecule has 13 heteroatoms. The molecule has 0 amide bonds. The maximum Gasteiger partial charge on any atom is 2.00 e. The van der Waals surface area contributed by atoms with Gasteiger partial charge in [-0.05, 0) is 0 Å². The van der Waals surface area contributed by atoms with Gasteiger partial charge in [-0.15, -0.1) is 0 Å². The van der Waals surface area contributed by atoms with Gasteiger partial charge in [0.15, 0.2) is 0 Å². The summed E-state index contributed by atoms with van der Waals surface area (Å²) < 4.78 is 0. The van der Waals surface area contributed by atoms with Crippen molar-refractivity contribution in [1.82, 2.24) is 20.4 Å². The first-order valence-corrected chi connectivity index (χ1v) is 4.31. The summed E-state index contributed by atoms with van der Waals surface area (Å²) in [6.07, 6.45) is 0. The fourth-order valence-corrected chi connectivity index (χ4v) is 0.832. The van der Waals surface area contributed by atoms with Crippen LogP contribution in [-0.4, -0.2) is 53.5 Å². The van der Waals surface area contributed by atoms with Gasteiger partial charge in [0.2, 0.25) is 11.8 Å². The largest absolute Gasteiger partial charge is 2.00 e. The molecule has 1 radical (unpaired) electrons. The molecule has 0 spiro atoms. The first-order chi connectivity index (χ1) is 8.40. The van der Waals surface area contributed by atoms with Crippen LogP contribution in [0.4, 0.5) is 0 Å². The van der Waals surface area contributed by atoms with Crippen molar-refractivity contribution in [2.75, 3.05) is 0 Å². The van der Waals surface area contributed by atoms with Gasteiger partial charge >= 0.3 is 17.1 Å². The number of aromatic hydroxyl groups is 2. The number of aromatic carboxylic acids is 2. The molecule has 0 aliphatic carbocycles. The molecule has 2 heterocycles. The molecule has 0 bridgehead atoms. The van der Waals surface area contributed by atoms with Gasteiger partial charge in [0.05, 0.1) is 11.9 Å². The zero-order valence-electron chi connectivity index (χ0n) is 9.88. The first kappa shape index (κ1) is 23.5. The number of carbonyl (C=O) groups is 2. The monoisotopic (exact) mass is 353 g/mol. The number of carboxylic acid groups (broad SMARTS) is 2. The molecule has 12 nitrogen and oxygen atoms in total. The second-order valence-corrected chi connectivity index (χ2v) is 2.85. The Morgan fingerprint density at radius 3 is 1.29 bits per heavy atom. The van der Waals surface area contributed by atoms with Gasteiger partial charge in [-0.25, -0.2) is 10.2 Å². The van der Waals surface area contributed by atoms with E-state index in [2.05, 4.69) is 10.2 Å². The van der Waals surface area contributed by atoms with Crippen LogP contribution >= 0.6 is 0 Å². The summed E-state index contributed by atoms with van der Waals surface area (Å²) in [5, 5.41) is 47.2. The van der Waals surface area contributed by atoms with Crippen LogP contribution in [0.1, 0.15) is 21.0 Å². The van der Waals surface area contributed by atoms with Crippen LogP contribution in [-0.2, 0) is 17.1 Å². The van der Waals surface area contributed by atoms with Crippen molar-refractivity contribution in [1.29, 1.82) is 0 Å². The molecule has 0 aromatic carbocycles. The fourth-order valence-electron chi connectivity index (χ4n) is 0.832. The van der Waals surface area contributed by atoms with E-state index in [0.29, 0.717) is 0 Å². The van der Waals surface area contributed by atoms with Crippen molar-refractivity contribution in [3.63, 3.8) is 0 Å². The number of nitrogens with one attached hydrogen (secondary N) is 2. The fraction of sp³-hybridized carbons (Fsp3) is 0. The van der Waals surface area contributed by atoms with E-state index in [1.807, 2.05) is 10.2 Å². The van der Waals surface area contributed by atoms with Crippen LogP contribution < -0.4 is 10.2 Å². The third kappa shape index (κ3) is 7.54. The van der Waals surface area contributed by atoms with E-state index in [4.69, 9.17) is 10.2 Å². The van der Waals surface area contributed by atoms with Crippen LogP contribution in [0.25, 0.3) is 0 Å². The Hall–Kier alpha value is -2.60. The number of H-pyrrole nitrogens is 2. The van der Waals surface area contributed by atoms with Crippen molar-refractivity contribution >= 4 is 11.9 Å². The molecule has 121 valence electrons. The number of nitrogens with zero attached hydrogens (tertiary/aromatic N) is 2. The van der Waals surface area contributed by atoms with Crippen LogP contribution in [0.15, 0.2) is 12.1 Å². The predicted octanol–water partition coefficient (Wildman–Crippen LogP) is -4.69. The van der Waals surface area contributed by atoms with Gasteiger partial charge in [0.1, 0.15) is 11.4 Å². The molecule has 0 aliphatic rings. The van der Waals surface area contributed by atoms with Crippen LogP contribution in [0, 0.1) is 0 Å². The van der Waals surface area contributed by atoms with E-state index < -0.39 is 11.9 Å². The number of carbonyl (C=O) groups excluding carboxylic acids is 2. The number of aromatic amines is 2. The summed E-state index contributed by atoms with van der Waals surface area (Å²) in [4.78, 5) is 19.8. The topological polar surface area (TPSA) is 241 Å². The molecular formula is C8H10CuN4O8. The van der Waals surface area contributed by atoms with E-state index in [1.54, 1.807) is 0 Å². The van der Waals surface area contributed by atoms with Crippen LogP contribution in [0.5, 0.6) is 11.8 Å². The molecule has 8 N–H and O–H groups in total. The maximum atomic E-state index is 9.91. The minimum Gasteiger partial charge on any atom is -0.543 e. The summed E-state index contributed by atoms with van der Waals surface area (Å²) in [7, 11) is 0. The molecule has 0 aliphatic heterocycles. The number of aromatic nitrogens is 4. The molecule has 2 aromatic rings. The maximum absolute atomic E-state index is 9.91. The average molecular weight is 354 g/mol. The third-order valence-electron chi connectivity index (χ3n) is 1.55. The molecule has 0 unspecified atom stereocenters. The second kappa shape index (κ2) is 10.2. The second-order valence-electron chi connectivity index (χ2n) is 2.85. The molecule has 0 saturated heterocycles. The molecule has 0 fully saturated rings. The van der Waals surface area contributed by atoms with Crippen molar-refractivity contribution in [3.8, 4) is 11.8 Å². The molecule has 2 aromatic heterocycles. The quantitative estimate of drug-likeness (QED) is 0.381. The van der Waals surface area contributed by atoms with Crippen molar-refractivity contribution in [3.05, 3.63) is 23.5 Å². The van der Waals surface area contributed by atoms with Gasteiger partial charge in [0, 0.05) is 12.1 Å². The van der Waals surface area contributed by atoms with Crippen molar-refractivity contribution < 1.29 is 58.0 Å². The molecule has 21 heavy (non-hydrogen) atoms. The number of hydrogen-bond acceptors (Lipinski definition) is 8. The molecular weight excluding hydrogens is 344 g/mol. The third-order valence-corrected chi connectivity index (χ3v) is 1.55. The summed E-state index contributed by atoms with van der Waals surface area (Å²) in [6, 6.07) is 1.94. The Morgan fingerprint density at radius 1 is 0.905 bits per heavy atom. The van der Waals surface area contributed by atoms with Gasteiger partial charge in [-0.2, -0.15) is 10.2 Å². The van der Waals surface area contributed by atoms with Gasteiger partial charge in [0.25, 0.3) is 0 Å². The Bertz CT molecular complexity index is 518. The zero-order valence-corrected chi connectivity index (χ0v) is 10.8. The molecule has 0 saturated carbocycles. The Kier molecular flexibility index (Phi) is 11.4. The summed E-state index contributed by atoms with van der Waals surface area (Å²) >= 11 is 0. The van der Waals surface area contributed by atoms with Crippen LogP contribution in [0.3, 0.4) is 0 Å². The van der Waals surface area contributed by atoms with Gasteiger partial charge in [-0.3, -0.25) is 0 Å². The van der Waals surface area contributed by atoms with E-state index in [0.717, 1.165) is 12.1 Å². The standard InChI is InChI=1S/2C4H4N2O3.Cu.2H2O/c2*7-3-1-2(4(8)9)5-6-3;;;/h2*1H,(H,8,9)(H2,5,6,7);;2*1H2/q;;+2;;/p-2. The average Bonchev–Trinajstić information content (AvgIpc) is 2.88. The van der Waals surface area contributed by atoms with Crippen LogP contribution in [0.2, 0.25) is 0 Å². The minimum atomic E-state index is -1.41. The van der Waals surface area contributed by atoms with Crippen molar-refractivity contribution in [2.24, 2.45) is 0 Å². The van der Waals surface area contributed by atoms with E-state index in [9.17, 15) is 19.8 Å². The normalized spacial score (nSPS) is 8.00. The SMILES string of the molecule is O.O.O=C([O-])c1cc(O)[nH]n1.O=C([O-])c1cc(O)[nH]n1.[Cu+2]. The zero-order chi connectivity index (χ0) is 13.7. The Labute approximate surface area is 126 Å². The number of carboxylic acids is 2. The minimum absolute atomic E-state index is 0. The van der Waals surface area contributed by atoms with E-state index in [-0.39, 0.29) is 51.2 Å². The predicted molar refractivity (Wildman–Crippen MR) is 56.4 cm³/mol. The Balaban J connectivity index is -0.000000270. The van der Waals surface area contributed by atoms with Crippen molar-refractivity contribution in [2.45, 2.75) is 0 Å². The molecule has 0 atom stereocenters. The Morgan fingerprint density at radius 2 is 1.19 bits per heavy atom. The van der Waals surface area contributed by atoms with E-state index in [1.165, 1.54) is 0 Å². The summed E-state index contributed by atoms with van der Waals surface area (Å²) in [6.45, 7) is 0. The number of hydrogen-bond donors (Lipinski definition) is 4. The van der Waals surface area contributed by atoms with Gasteiger partial charge < -0.3 is 41.0 Å². The summed E-state index contributed by atoms with van der Waals surface area (Å²) in [5.41, 5.74) is -0.597. The number of rotatable bonds is 2. The smallest absolute Gasteiger partial charge is 0.543 e. The first-order valence-electron chi connectivity index (χ1n) is 4.31. The molecule has 2 rings (SSSR count). The summed E-state index contributed by atoms with van der Waals surface area (Å²) in [5.74, 6) is -3.39.